The minimum atomic E-state index is -0.770. The van der Waals surface area contributed by atoms with Gasteiger partial charge in [0.05, 0.1) is 6.07 Å². The first kappa shape index (κ1) is 16.7. The van der Waals surface area contributed by atoms with Crippen molar-refractivity contribution in [2.24, 2.45) is 5.73 Å². The summed E-state index contributed by atoms with van der Waals surface area (Å²) < 4.78 is 1.49. The largest absolute Gasteiger partial charge is 0.368 e. The average molecular weight is 403 g/mol. The average Bonchev–Trinajstić information content (AvgIpc) is 2.36. The fraction of sp³-hybridized carbons (Fsp3) is 0.308. The lowest BCUT2D eigenvalue weighted by molar-refractivity contribution is -0.120. The van der Waals surface area contributed by atoms with E-state index in [-0.39, 0.29) is 5.91 Å². The molecule has 0 radical (unpaired) electrons. The fourth-order valence-electron chi connectivity index (χ4n) is 1.60. The Kier molecular flexibility index (Phi) is 6.68. The van der Waals surface area contributed by atoms with Crippen LogP contribution in [-0.4, -0.2) is 17.9 Å². The molecule has 0 spiro atoms. The molecule has 0 bridgehead atoms. The number of primary amides is 1. The Bertz CT molecular complexity index is 535. The monoisotopic (exact) mass is 401 g/mol. The number of nitriles is 1. The van der Waals surface area contributed by atoms with Crippen LogP contribution in [0.5, 0.6) is 0 Å². The molecule has 0 saturated carbocycles. The molecular formula is C13H13Br2N3O2. The Balaban J connectivity index is 2.75. The topological polar surface area (TPSA) is 96.0 Å². The minimum Gasteiger partial charge on any atom is -0.368 e. The van der Waals surface area contributed by atoms with Gasteiger partial charge in [0.1, 0.15) is 6.04 Å². The molecule has 0 saturated heterocycles. The predicted octanol–water partition coefficient (Wildman–Crippen LogP) is 2.49. The molecular weight excluding hydrogens is 390 g/mol. The number of benzene rings is 1. The second kappa shape index (κ2) is 8.02. The zero-order valence-corrected chi connectivity index (χ0v) is 13.7. The Morgan fingerprint density at radius 1 is 1.30 bits per heavy atom. The summed E-state index contributed by atoms with van der Waals surface area (Å²) in [4.78, 5) is 23.4. The number of nitrogens with zero attached hydrogens (tertiary/aromatic N) is 1. The van der Waals surface area contributed by atoms with Gasteiger partial charge in [-0.2, -0.15) is 5.26 Å². The maximum atomic E-state index is 12.1. The molecule has 1 atom stereocenters. The molecule has 1 aromatic carbocycles. The van der Waals surface area contributed by atoms with Gasteiger partial charge in [0.15, 0.2) is 0 Å². The van der Waals surface area contributed by atoms with Crippen LogP contribution in [0, 0.1) is 11.3 Å². The molecule has 1 rings (SSSR count). The van der Waals surface area contributed by atoms with Crippen LogP contribution in [0.2, 0.25) is 0 Å². The lowest BCUT2D eigenvalue weighted by atomic mass is 10.1. The van der Waals surface area contributed by atoms with E-state index in [1.807, 2.05) is 6.07 Å². The number of hydrogen-bond donors (Lipinski definition) is 2. The van der Waals surface area contributed by atoms with Crippen molar-refractivity contribution in [1.29, 1.82) is 5.26 Å². The molecule has 0 aliphatic heterocycles. The molecule has 106 valence electrons. The maximum Gasteiger partial charge on any atom is 0.252 e. The second-order valence-electron chi connectivity index (χ2n) is 4.14. The van der Waals surface area contributed by atoms with E-state index in [9.17, 15) is 9.59 Å². The molecule has 2 amide bonds. The van der Waals surface area contributed by atoms with E-state index in [0.29, 0.717) is 24.8 Å². The SMILES string of the molecule is N#CCCC[C@H](NC(=O)c1cc(Br)cc(Br)c1)C(N)=O. The highest BCUT2D eigenvalue weighted by atomic mass is 79.9. The highest BCUT2D eigenvalue weighted by Gasteiger charge is 2.18. The molecule has 0 aliphatic rings. The van der Waals surface area contributed by atoms with Crippen molar-refractivity contribution in [2.75, 3.05) is 0 Å². The van der Waals surface area contributed by atoms with Gasteiger partial charge >= 0.3 is 0 Å². The molecule has 3 N–H and O–H groups in total. The minimum absolute atomic E-state index is 0.322. The molecule has 0 heterocycles. The summed E-state index contributed by atoms with van der Waals surface area (Å²) in [6.45, 7) is 0. The third-order valence-corrected chi connectivity index (χ3v) is 3.47. The van der Waals surface area contributed by atoms with E-state index in [2.05, 4.69) is 37.2 Å². The Labute approximate surface area is 133 Å². The summed E-state index contributed by atoms with van der Waals surface area (Å²) in [5.41, 5.74) is 5.66. The van der Waals surface area contributed by atoms with Crippen molar-refractivity contribution in [2.45, 2.75) is 25.3 Å². The number of halogens is 2. The number of amides is 2. The number of rotatable bonds is 6. The van der Waals surface area contributed by atoms with Crippen LogP contribution in [-0.2, 0) is 4.79 Å². The zero-order chi connectivity index (χ0) is 15.1. The maximum absolute atomic E-state index is 12.1. The van der Waals surface area contributed by atoms with Gasteiger partial charge in [0, 0.05) is 20.9 Å². The summed E-state index contributed by atoms with van der Waals surface area (Å²) in [5.74, 6) is -0.988. The van der Waals surface area contributed by atoms with Gasteiger partial charge < -0.3 is 11.1 Å². The Morgan fingerprint density at radius 3 is 2.40 bits per heavy atom. The molecule has 5 nitrogen and oxygen atoms in total. The van der Waals surface area contributed by atoms with E-state index in [1.54, 1.807) is 18.2 Å². The molecule has 0 aromatic heterocycles. The van der Waals surface area contributed by atoms with Gasteiger partial charge in [-0.05, 0) is 31.0 Å². The summed E-state index contributed by atoms with van der Waals surface area (Å²) in [5, 5.41) is 11.1. The molecule has 7 heteroatoms. The molecule has 20 heavy (non-hydrogen) atoms. The normalized spacial score (nSPS) is 11.4. The van der Waals surface area contributed by atoms with Crippen molar-refractivity contribution in [3.8, 4) is 6.07 Å². The molecule has 1 aromatic rings. The number of unbranched alkanes of at least 4 members (excludes halogenated alkanes) is 1. The highest BCUT2D eigenvalue weighted by Crippen LogP contribution is 2.20. The van der Waals surface area contributed by atoms with Crippen LogP contribution < -0.4 is 11.1 Å². The van der Waals surface area contributed by atoms with E-state index >= 15 is 0 Å². The number of hydrogen-bond acceptors (Lipinski definition) is 3. The third kappa shape index (κ3) is 5.31. The van der Waals surface area contributed by atoms with Gasteiger partial charge in [-0.1, -0.05) is 31.9 Å². The fourth-order valence-corrected chi connectivity index (χ4v) is 2.89. The smallest absolute Gasteiger partial charge is 0.252 e. The van der Waals surface area contributed by atoms with Crippen molar-refractivity contribution < 1.29 is 9.59 Å². The number of carbonyl (C=O) groups excluding carboxylic acids is 2. The van der Waals surface area contributed by atoms with Crippen LogP contribution >= 0.6 is 31.9 Å². The summed E-state index contributed by atoms with van der Waals surface area (Å²) in [6.07, 6.45) is 1.18. The van der Waals surface area contributed by atoms with Crippen LogP contribution in [0.15, 0.2) is 27.1 Å². The summed E-state index contributed by atoms with van der Waals surface area (Å²) in [7, 11) is 0. The van der Waals surface area contributed by atoms with E-state index < -0.39 is 11.9 Å². The second-order valence-corrected chi connectivity index (χ2v) is 5.97. The van der Waals surface area contributed by atoms with Crippen molar-refractivity contribution >= 4 is 43.7 Å². The van der Waals surface area contributed by atoms with Crippen molar-refractivity contribution in [3.05, 3.63) is 32.7 Å². The van der Waals surface area contributed by atoms with Gasteiger partial charge in [0.2, 0.25) is 5.91 Å². The number of nitrogens with one attached hydrogen (secondary N) is 1. The lowest BCUT2D eigenvalue weighted by Gasteiger charge is -2.15. The van der Waals surface area contributed by atoms with E-state index in [4.69, 9.17) is 11.0 Å². The zero-order valence-electron chi connectivity index (χ0n) is 10.5. The van der Waals surface area contributed by atoms with E-state index in [1.165, 1.54) is 0 Å². The third-order valence-electron chi connectivity index (χ3n) is 2.55. The first-order valence-corrected chi connectivity index (χ1v) is 7.46. The van der Waals surface area contributed by atoms with Crippen molar-refractivity contribution in [3.63, 3.8) is 0 Å². The molecule has 0 aliphatic carbocycles. The first-order valence-electron chi connectivity index (χ1n) is 5.87. The first-order chi connectivity index (χ1) is 9.43. The predicted molar refractivity (Wildman–Crippen MR) is 81.8 cm³/mol. The Hall–Kier alpha value is -1.39. The number of nitrogens with two attached hydrogens (primary N) is 1. The van der Waals surface area contributed by atoms with Crippen LogP contribution in [0.1, 0.15) is 29.6 Å². The highest BCUT2D eigenvalue weighted by molar-refractivity contribution is 9.11. The van der Waals surface area contributed by atoms with Gasteiger partial charge in [-0.3, -0.25) is 9.59 Å². The standard InChI is InChI=1S/C13H13Br2N3O2/c14-9-5-8(6-10(15)7-9)13(20)18-11(12(17)19)3-1-2-4-16/h5-7,11H,1-3H2,(H2,17,19)(H,18,20)/t11-/m0/s1. The summed E-state index contributed by atoms with van der Waals surface area (Å²) >= 11 is 6.58. The number of carbonyl (C=O) groups is 2. The van der Waals surface area contributed by atoms with Gasteiger partial charge in [0.25, 0.3) is 5.91 Å². The lowest BCUT2D eigenvalue weighted by Crippen LogP contribution is -2.44. The quantitative estimate of drug-likeness (QED) is 0.715. The molecule has 0 fully saturated rings. The van der Waals surface area contributed by atoms with E-state index in [0.717, 1.165) is 8.95 Å². The van der Waals surface area contributed by atoms with Crippen LogP contribution in [0.3, 0.4) is 0 Å². The van der Waals surface area contributed by atoms with Crippen molar-refractivity contribution in [1.82, 2.24) is 5.32 Å². The van der Waals surface area contributed by atoms with Crippen LogP contribution in [0.4, 0.5) is 0 Å². The summed E-state index contributed by atoms with van der Waals surface area (Å²) in [6, 6.07) is 6.31. The van der Waals surface area contributed by atoms with Gasteiger partial charge in [-0.15, -0.1) is 0 Å². The van der Waals surface area contributed by atoms with Crippen LogP contribution in [0.25, 0.3) is 0 Å². The molecule has 0 unspecified atom stereocenters. The Morgan fingerprint density at radius 2 is 1.90 bits per heavy atom. The van der Waals surface area contributed by atoms with Gasteiger partial charge in [-0.25, -0.2) is 0 Å².